The van der Waals surface area contributed by atoms with Gasteiger partial charge in [0.15, 0.2) is 24.6 Å². The highest BCUT2D eigenvalue weighted by Gasteiger charge is 2.54. The average molecular weight is 837 g/mol. The van der Waals surface area contributed by atoms with Crippen LogP contribution in [0.15, 0.2) is 224 Å². The number of hydrogen-bond acceptors (Lipinski definition) is 4. The van der Waals surface area contributed by atoms with E-state index in [0.29, 0.717) is 17.5 Å². The first-order valence-corrected chi connectivity index (χ1v) is 23.3. The van der Waals surface area contributed by atoms with Crippen LogP contribution in [0.1, 0.15) is 22.3 Å². The van der Waals surface area contributed by atoms with Gasteiger partial charge in [0.2, 0.25) is 0 Å². The Morgan fingerprint density at radius 2 is 0.891 bits per heavy atom. The molecule has 0 N–H and O–H groups in total. The summed E-state index contributed by atoms with van der Waals surface area (Å²) in [6, 6.07) is 78.1. The summed E-state index contributed by atoms with van der Waals surface area (Å²) < 4.78 is 19.1. The molecule has 4 heterocycles. The number of aromatic nitrogens is 4. The third-order valence-corrected chi connectivity index (χ3v) is 16.5. The molecule has 2 aromatic heterocycles. The van der Waals surface area contributed by atoms with Crippen LogP contribution in [0.2, 0.25) is 0 Å². The quantitative estimate of drug-likeness (QED) is 0.162. The van der Waals surface area contributed by atoms with Crippen LogP contribution in [0.4, 0.5) is 0 Å². The lowest BCUT2D eigenvalue weighted by atomic mass is 9.62. The molecule has 2 aliphatic rings. The van der Waals surface area contributed by atoms with Gasteiger partial charge >= 0.3 is 0 Å². The fourth-order valence-electron chi connectivity index (χ4n) is 10.6. The third kappa shape index (κ3) is 5.13. The predicted octanol–water partition coefficient (Wildman–Crippen LogP) is 12.3. The Balaban J connectivity index is 1.09. The van der Waals surface area contributed by atoms with E-state index < -0.39 is 12.6 Å². The first-order valence-electron chi connectivity index (χ1n) is 21.6. The molecule has 13 rings (SSSR count). The first-order chi connectivity index (χ1) is 31.6. The molecule has 2 atom stereocenters. The van der Waals surface area contributed by atoms with Crippen molar-refractivity contribution in [3.05, 3.63) is 247 Å². The second kappa shape index (κ2) is 14.0. The molecule has 2 unspecified atom stereocenters. The standard InChI is InChI=1S/C58H37N4OP/c63-64(43-24-8-3-9-25-43)52-33-15-12-29-47(52)58(46-28-11-14-32-51(46)62-50-31-13-10-26-44(50)45-27-17-30-48(58)54(45)62)49-37-41(34-35-53(49)64)40-22-16-23-42(36-40)57-60-55(38-18-4-1-5-19-38)59-56(61-57)39-20-6-2-7-21-39/h1-37H. The fraction of sp³-hybridized carbons (Fsp3) is 0.0172. The van der Waals surface area contributed by atoms with Gasteiger partial charge in [-0.2, -0.15) is 0 Å². The zero-order valence-electron chi connectivity index (χ0n) is 34.5. The molecule has 0 bridgehead atoms. The summed E-state index contributed by atoms with van der Waals surface area (Å²) in [5.41, 5.74) is 11.8. The number of fused-ring (bicyclic) bond motifs is 11. The number of rotatable bonds is 5. The van der Waals surface area contributed by atoms with Crippen molar-refractivity contribution < 1.29 is 4.57 Å². The largest absolute Gasteiger partial charge is 0.309 e. The van der Waals surface area contributed by atoms with Crippen LogP contribution in [0.5, 0.6) is 0 Å². The molecule has 6 heteroatoms. The lowest BCUT2D eigenvalue weighted by Gasteiger charge is -2.47. The molecular formula is C58H37N4OP. The molecule has 0 aliphatic carbocycles. The van der Waals surface area contributed by atoms with Crippen molar-refractivity contribution >= 4 is 44.9 Å². The molecule has 300 valence electrons. The Morgan fingerprint density at radius 1 is 0.375 bits per heavy atom. The lowest BCUT2D eigenvalue weighted by molar-refractivity contribution is 0.590. The van der Waals surface area contributed by atoms with Crippen LogP contribution in [-0.2, 0) is 9.98 Å². The molecule has 0 radical (unpaired) electrons. The maximum atomic E-state index is 16.6. The molecule has 0 saturated heterocycles. The van der Waals surface area contributed by atoms with E-state index in [9.17, 15) is 0 Å². The molecule has 64 heavy (non-hydrogen) atoms. The monoisotopic (exact) mass is 836 g/mol. The van der Waals surface area contributed by atoms with Crippen molar-refractivity contribution in [2.75, 3.05) is 0 Å². The normalized spacial score (nSPS) is 16.9. The van der Waals surface area contributed by atoms with Crippen molar-refractivity contribution in [2.45, 2.75) is 5.41 Å². The van der Waals surface area contributed by atoms with Crippen molar-refractivity contribution in [3.63, 3.8) is 0 Å². The van der Waals surface area contributed by atoms with Crippen LogP contribution in [-0.4, -0.2) is 19.5 Å². The highest BCUT2D eigenvalue weighted by molar-refractivity contribution is 7.85. The van der Waals surface area contributed by atoms with Gasteiger partial charge in [0, 0.05) is 43.4 Å². The minimum Gasteiger partial charge on any atom is -0.309 e. The first kappa shape index (κ1) is 36.7. The van der Waals surface area contributed by atoms with Gasteiger partial charge in [-0.05, 0) is 63.7 Å². The Hall–Kier alpha value is -7.98. The minimum atomic E-state index is -3.41. The van der Waals surface area contributed by atoms with Crippen molar-refractivity contribution in [1.82, 2.24) is 19.5 Å². The third-order valence-electron chi connectivity index (χ3n) is 13.3. The molecule has 1 spiro atoms. The van der Waals surface area contributed by atoms with E-state index in [2.05, 4.69) is 132 Å². The van der Waals surface area contributed by atoms with Crippen molar-refractivity contribution in [1.29, 1.82) is 0 Å². The number of nitrogens with zero attached hydrogens (tertiary/aromatic N) is 4. The number of para-hydroxylation sites is 3. The molecule has 0 amide bonds. The molecule has 11 aromatic rings. The average Bonchev–Trinajstić information content (AvgIpc) is 3.72. The molecule has 0 fully saturated rings. The maximum absolute atomic E-state index is 16.6. The van der Waals surface area contributed by atoms with E-state index in [-0.39, 0.29) is 0 Å². The number of benzene rings is 9. The second-order valence-corrected chi connectivity index (χ2v) is 19.3. The Morgan fingerprint density at radius 3 is 1.64 bits per heavy atom. The summed E-state index contributed by atoms with van der Waals surface area (Å²) >= 11 is 0. The fourth-order valence-corrected chi connectivity index (χ4v) is 13.7. The Kier molecular flexibility index (Phi) is 8.03. The van der Waals surface area contributed by atoms with Gasteiger partial charge < -0.3 is 9.13 Å². The van der Waals surface area contributed by atoms with E-state index in [4.69, 9.17) is 15.0 Å². The van der Waals surface area contributed by atoms with Crippen LogP contribution < -0.4 is 15.9 Å². The van der Waals surface area contributed by atoms with Crippen molar-refractivity contribution in [2.24, 2.45) is 0 Å². The zero-order valence-corrected chi connectivity index (χ0v) is 35.4. The Labute approximate surface area is 370 Å². The molecule has 2 aliphatic heterocycles. The zero-order chi connectivity index (χ0) is 42.4. The summed E-state index contributed by atoms with van der Waals surface area (Å²) in [6.07, 6.45) is 0. The lowest BCUT2D eigenvalue weighted by Crippen LogP contribution is -2.48. The van der Waals surface area contributed by atoms with E-state index in [1.165, 1.54) is 27.4 Å². The van der Waals surface area contributed by atoms with Gasteiger partial charge in [-0.25, -0.2) is 15.0 Å². The summed E-state index contributed by atoms with van der Waals surface area (Å²) in [5, 5.41) is 4.95. The predicted molar refractivity (Wildman–Crippen MR) is 261 cm³/mol. The molecular weight excluding hydrogens is 800 g/mol. The van der Waals surface area contributed by atoms with Crippen LogP contribution in [0.25, 0.3) is 72.8 Å². The SMILES string of the molecule is O=P1(c2ccccc2)c2ccccc2C2(c3ccccc3-n3c4ccccc4c4cccc2c43)c2cc(-c3cccc(-c4nc(-c5ccccc5)nc(-c5ccccc5)n4)c3)ccc21. The Bertz CT molecular complexity index is 3660. The smallest absolute Gasteiger partial charge is 0.171 e. The van der Waals surface area contributed by atoms with Crippen LogP contribution >= 0.6 is 7.14 Å². The molecule has 9 aromatic carbocycles. The van der Waals surface area contributed by atoms with E-state index >= 15 is 4.57 Å². The van der Waals surface area contributed by atoms with E-state index in [0.717, 1.165) is 66.1 Å². The maximum Gasteiger partial charge on any atom is 0.171 e. The highest BCUT2D eigenvalue weighted by atomic mass is 31.2. The van der Waals surface area contributed by atoms with Gasteiger partial charge in [0.1, 0.15) is 0 Å². The minimum absolute atomic E-state index is 0.590. The van der Waals surface area contributed by atoms with Gasteiger partial charge in [-0.3, -0.25) is 0 Å². The van der Waals surface area contributed by atoms with Gasteiger partial charge in [-0.15, -0.1) is 0 Å². The topological polar surface area (TPSA) is 60.7 Å². The van der Waals surface area contributed by atoms with Gasteiger partial charge in [0.25, 0.3) is 0 Å². The van der Waals surface area contributed by atoms with Crippen molar-refractivity contribution in [3.8, 4) is 51.0 Å². The second-order valence-electron chi connectivity index (χ2n) is 16.6. The van der Waals surface area contributed by atoms with Gasteiger partial charge in [-0.1, -0.05) is 194 Å². The summed E-state index contributed by atoms with van der Waals surface area (Å²) in [7, 11) is -3.41. The summed E-state index contributed by atoms with van der Waals surface area (Å²) in [4.78, 5) is 15.1. The van der Waals surface area contributed by atoms with E-state index in [1.54, 1.807) is 0 Å². The summed E-state index contributed by atoms with van der Waals surface area (Å²) in [5.74, 6) is 1.82. The van der Waals surface area contributed by atoms with Gasteiger partial charge in [0.05, 0.1) is 22.1 Å². The summed E-state index contributed by atoms with van der Waals surface area (Å²) in [6.45, 7) is 0. The molecule has 0 saturated carbocycles. The molecule has 5 nitrogen and oxygen atoms in total. The number of hydrogen-bond donors (Lipinski definition) is 0. The van der Waals surface area contributed by atoms with Crippen LogP contribution in [0.3, 0.4) is 0 Å². The van der Waals surface area contributed by atoms with Crippen LogP contribution in [0, 0.1) is 0 Å². The highest BCUT2D eigenvalue weighted by Crippen LogP contribution is 2.61. The van der Waals surface area contributed by atoms with E-state index in [1.807, 2.05) is 97.1 Å².